The normalized spacial score (nSPS) is 14.2. The summed E-state index contributed by atoms with van der Waals surface area (Å²) < 4.78 is 12.7. The highest BCUT2D eigenvalue weighted by atomic mass is 35.5. The van der Waals surface area contributed by atoms with Crippen LogP contribution in [0.3, 0.4) is 0 Å². The summed E-state index contributed by atoms with van der Waals surface area (Å²) in [5.41, 5.74) is 4.53. The van der Waals surface area contributed by atoms with E-state index in [0.29, 0.717) is 45.4 Å². The van der Waals surface area contributed by atoms with Crippen LogP contribution < -0.4 is 19.3 Å². The highest BCUT2D eigenvalue weighted by molar-refractivity contribution is 8.27. The Morgan fingerprint density at radius 1 is 1.08 bits per heavy atom. The van der Waals surface area contributed by atoms with Gasteiger partial charge in [0.2, 0.25) is 0 Å². The molecule has 1 aliphatic heterocycles. The maximum Gasteiger partial charge on any atom is 0.270 e. The number of allylic oxidation sites excluding steroid dienone is 1. The van der Waals surface area contributed by atoms with E-state index >= 15 is 0 Å². The fraction of sp³-hybridized carbons (Fsp3) is 0.200. The number of thioether (sulfide) groups is 1. The molecule has 0 spiro atoms. The maximum absolute atomic E-state index is 13.4. The molecule has 0 unspecified atom stereocenters. The number of benzene rings is 3. The van der Waals surface area contributed by atoms with E-state index in [9.17, 15) is 4.79 Å². The van der Waals surface area contributed by atoms with E-state index in [1.165, 1.54) is 11.8 Å². The Labute approximate surface area is 238 Å². The standard InChI is InChI=1S/C30H29ClN2O3S2/c1-5-7-22-16-21(17-26(35-6-2)28(22)36-19-20-8-10-23(31)11-9-20)18-27-29(34)33(30(37)38-27)25-14-12-24(13-15-25)32(3)4/h5,8-18H,1,6-7,19H2,2-4H3/b27-18-. The van der Waals surface area contributed by atoms with Gasteiger partial charge in [-0.2, -0.15) is 0 Å². The average molecular weight is 565 g/mol. The zero-order valence-electron chi connectivity index (χ0n) is 21.6. The molecule has 0 atom stereocenters. The summed E-state index contributed by atoms with van der Waals surface area (Å²) in [6.07, 6.45) is 4.25. The molecule has 196 valence electrons. The Kier molecular flexibility index (Phi) is 9.15. The fourth-order valence-corrected chi connectivity index (χ4v) is 5.40. The van der Waals surface area contributed by atoms with Crippen molar-refractivity contribution in [3.63, 3.8) is 0 Å². The Balaban J connectivity index is 1.63. The molecule has 8 heteroatoms. The van der Waals surface area contributed by atoms with Crippen molar-refractivity contribution in [3.8, 4) is 11.5 Å². The summed E-state index contributed by atoms with van der Waals surface area (Å²) in [6, 6.07) is 19.2. The molecule has 5 nitrogen and oxygen atoms in total. The van der Waals surface area contributed by atoms with Gasteiger partial charge in [-0.3, -0.25) is 9.69 Å². The first-order valence-corrected chi connectivity index (χ1v) is 13.7. The number of anilines is 2. The van der Waals surface area contributed by atoms with Crippen molar-refractivity contribution in [3.05, 3.63) is 99.9 Å². The van der Waals surface area contributed by atoms with Crippen LogP contribution in [0, 0.1) is 0 Å². The highest BCUT2D eigenvalue weighted by Gasteiger charge is 2.33. The third kappa shape index (κ3) is 6.41. The average Bonchev–Trinajstić information content (AvgIpc) is 3.17. The predicted octanol–water partition coefficient (Wildman–Crippen LogP) is 7.52. The second-order valence-corrected chi connectivity index (χ2v) is 10.9. The van der Waals surface area contributed by atoms with Crippen molar-refractivity contribution < 1.29 is 14.3 Å². The van der Waals surface area contributed by atoms with E-state index in [1.807, 2.05) is 98.7 Å². The molecule has 1 amide bonds. The Morgan fingerprint density at radius 2 is 1.79 bits per heavy atom. The number of rotatable bonds is 10. The zero-order valence-corrected chi connectivity index (χ0v) is 24.0. The molecule has 1 heterocycles. The highest BCUT2D eigenvalue weighted by Crippen LogP contribution is 2.39. The third-order valence-corrected chi connectivity index (χ3v) is 7.38. The summed E-state index contributed by atoms with van der Waals surface area (Å²) in [7, 11) is 3.95. The third-order valence-electron chi connectivity index (χ3n) is 5.83. The number of carbonyl (C=O) groups is 1. The number of hydrogen-bond acceptors (Lipinski definition) is 6. The van der Waals surface area contributed by atoms with Gasteiger partial charge in [-0.15, -0.1) is 6.58 Å². The van der Waals surface area contributed by atoms with Crippen LogP contribution in [0.15, 0.2) is 78.2 Å². The first-order valence-electron chi connectivity index (χ1n) is 12.1. The monoisotopic (exact) mass is 564 g/mol. The summed E-state index contributed by atoms with van der Waals surface area (Å²) in [4.78, 5) is 17.5. The Hall–Kier alpha value is -3.26. The van der Waals surface area contributed by atoms with Crippen LogP contribution in [-0.4, -0.2) is 30.9 Å². The zero-order chi connectivity index (χ0) is 27.2. The van der Waals surface area contributed by atoms with Gasteiger partial charge in [-0.05, 0) is 79.1 Å². The molecule has 1 saturated heterocycles. The first kappa shape index (κ1) is 27.8. The molecule has 3 aromatic carbocycles. The molecular weight excluding hydrogens is 536 g/mol. The van der Waals surface area contributed by atoms with Crippen LogP contribution in [0.25, 0.3) is 6.08 Å². The van der Waals surface area contributed by atoms with E-state index in [-0.39, 0.29) is 5.91 Å². The van der Waals surface area contributed by atoms with Gasteiger partial charge in [0.25, 0.3) is 5.91 Å². The van der Waals surface area contributed by atoms with E-state index in [1.54, 1.807) is 4.90 Å². The van der Waals surface area contributed by atoms with Crippen molar-refractivity contribution in [1.29, 1.82) is 0 Å². The van der Waals surface area contributed by atoms with E-state index in [2.05, 4.69) is 6.58 Å². The topological polar surface area (TPSA) is 42.0 Å². The molecule has 0 aromatic heterocycles. The summed E-state index contributed by atoms with van der Waals surface area (Å²) in [6.45, 7) is 6.67. The number of amides is 1. The number of ether oxygens (including phenoxy) is 2. The van der Waals surface area contributed by atoms with Gasteiger partial charge >= 0.3 is 0 Å². The Morgan fingerprint density at radius 3 is 2.42 bits per heavy atom. The second kappa shape index (κ2) is 12.5. The number of nitrogens with zero attached hydrogens (tertiary/aromatic N) is 2. The van der Waals surface area contributed by atoms with Gasteiger partial charge < -0.3 is 14.4 Å². The van der Waals surface area contributed by atoms with Crippen LogP contribution >= 0.6 is 35.6 Å². The molecule has 38 heavy (non-hydrogen) atoms. The van der Waals surface area contributed by atoms with Gasteiger partial charge in [-0.1, -0.05) is 53.8 Å². The second-order valence-electron chi connectivity index (χ2n) is 8.78. The molecule has 3 aromatic rings. The number of hydrogen-bond donors (Lipinski definition) is 0. The lowest BCUT2D eigenvalue weighted by atomic mass is 10.0. The van der Waals surface area contributed by atoms with E-state index < -0.39 is 0 Å². The van der Waals surface area contributed by atoms with Gasteiger partial charge in [0.1, 0.15) is 6.61 Å². The van der Waals surface area contributed by atoms with Crippen LogP contribution in [0.5, 0.6) is 11.5 Å². The van der Waals surface area contributed by atoms with E-state index in [4.69, 9.17) is 33.3 Å². The molecule has 0 saturated carbocycles. The minimum atomic E-state index is -0.149. The molecule has 0 radical (unpaired) electrons. The van der Waals surface area contributed by atoms with Crippen molar-refractivity contribution in [2.45, 2.75) is 20.0 Å². The van der Waals surface area contributed by atoms with Crippen LogP contribution in [-0.2, 0) is 17.8 Å². The molecule has 1 aliphatic rings. The quantitative estimate of drug-likeness (QED) is 0.144. The molecule has 0 N–H and O–H groups in total. The van der Waals surface area contributed by atoms with Gasteiger partial charge in [-0.25, -0.2) is 0 Å². The maximum atomic E-state index is 13.4. The predicted molar refractivity (Wildman–Crippen MR) is 164 cm³/mol. The molecule has 1 fully saturated rings. The molecule has 0 aliphatic carbocycles. The van der Waals surface area contributed by atoms with Gasteiger partial charge in [0.15, 0.2) is 15.8 Å². The minimum Gasteiger partial charge on any atom is -0.490 e. The van der Waals surface area contributed by atoms with Crippen molar-refractivity contribution in [2.24, 2.45) is 0 Å². The fourth-order valence-electron chi connectivity index (χ4n) is 3.98. The number of halogens is 1. The van der Waals surface area contributed by atoms with Crippen molar-refractivity contribution in [1.82, 2.24) is 0 Å². The Bertz CT molecular complexity index is 1370. The molecule has 4 rings (SSSR count). The largest absolute Gasteiger partial charge is 0.490 e. The minimum absolute atomic E-state index is 0.149. The molecule has 0 bridgehead atoms. The smallest absolute Gasteiger partial charge is 0.270 e. The number of thiocarbonyl (C=S) groups is 1. The van der Waals surface area contributed by atoms with Crippen LogP contribution in [0.1, 0.15) is 23.6 Å². The van der Waals surface area contributed by atoms with Crippen LogP contribution in [0.2, 0.25) is 5.02 Å². The number of carbonyl (C=O) groups excluding carboxylic acids is 1. The summed E-state index contributed by atoms with van der Waals surface area (Å²) in [5.74, 6) is 1.12. The lowest BCUT2D eigenvalue weighted by molar-refractivity contribution is -0.113. The first-order chi connectivity index (χ1) is 18.3. The van der Waals surface area contributed by atoms with Crippen LogP contribution in [0.4, 0.5) is 11.4 Å². The van der Waals surface area contributed by atoms with Crippen molar-refractivity contribution in [2.75, 3.05) is 30.5 Å². The molecular formula is C30H29ClN2O3S2. The van der Waals surface area contributed by atoms with Gasteiger partial charge in [0, 0.05) is 30.4 Å². The lowest BCUT2D eigenvalue weighted by Crippen LogP contribution is -2.27. The summed E-state index contributed by atoms with van der Waals surface area (Å²) in [5, 5.41) is 0.677. The van der Waals surface area contributed by atoms with Gasteiger partial charge in [0.05, 0.1) is 17.2 Å². The van der Waals surface area contributed by atoms with E-state index in [0.717, 1.165) is 28.1 Å². The SMILES string of the molecule is C=CCc1cc(/C=C2\SC(=S)N(c3ccc(N(C)C)cc3)C2=O)cc(OCC)c1OCc1ccc(Cl)cc1. The van der Waals surface area contributed by atoms with Crippen molar-refractivity contribution >= 4 is 63.3 Å². The summed E-state index contributed by atoms with van der Waals surface area (Å²) >= 11 is 12.9. The lowest BCUT2D eigenvalue weighted by Gasteiger charge is -2.17.